The van der Waals surface area contributed by atoms with Crippen molar-refractivity contribution in [3.05, 3.63) is 65.2 Å². The van der Waals surface area contributed by atoms with Gasteiger partial charge in [0.05, 0.1) is 30.0 Å². The van der Waals surface area contributed by atoms with Crippen molar-refractivity contribution < 1.29 is 28.5 Å². The molecule has 3 aromatic rings. The minimum absolute atomic E-state index is 0.0279. The van der Waals surface area contributed by atoms with E-state index in [0.29, 0.717) is 13.0 Å². The minimum atomic E-state index is -1.30. The zero-order valence-electron chi connectivity index (χ0n) is 18.7. The average Bonchev–Trinajstić information content (AvgIpc) is 2.84. The molecule has 35 heavy (non-hydrogen) atoms. The maximum absolute atomic E-state index is 14.6. The Morgan fingerprint density at radius 1 is 1.20 bits per heavy atom. The van der Waals surface area contributed by atoms with Crippen LogP contribution in [0.1, 0.15) is 22.3 Å². The van der Waals surface area contributed by atoms with E-state index >= 15 is 0 Å². The number of aliphatic hydroxyl groups excluding tert-OH is 1. The van der Waals surface area contributed by atoms with Gasteiger partial charge in [-0.2, -0.15) is 5.26 Å². The van der Waals surface area contributed by atoms with Crippen molar-refractivity contribution in [3.8, 4) is 34.2 Å². The number of pyridine rings is 1. The number of nitriles is 1. The quantitative estimate of drug-likeness (QED) is 0.507. The third kappa shape index (κ3) is 4.64. The molecule has 2 heterocycles. The summed E-state index contributed by atoms with van der Waals surface area (Å²) < 4.78 is 34.1. The molecule has 180 valence electrons. The van der Waals surface area contributed by atoms with Gasteiger partial charge in [0.2, 0.25) is 0 Å². The molecule has 10 heteroatoms. The lowest BCUT2D eigenvalue weighted by Gasteiger charge is -2.35. The van der Waals surface area contributed by atoms with Crippen LogP contribution in [0.3, 0.4) is 0 Å². The van der Waals surface area contributed by atoms with E-state index in [-0.39, 0.29) is 51.6 Å². The largest absolute Gasteiger partial charge is 0.494 e. The van der Waals surface area contributed by atoms with Crippen LogP contribution in [0.15, 0.2) is 42.5 Å². The molecular weight excluding hydrogens is 458 g/mol. The summed E-state index contributed by atoms with van der Waals surface area (Å²) in [7, 11) is 1.31. The number of anilines is 1. The highest BCUT2D eigenvalue weighted by atomic mass is 19.1. The summed E-state index contributed by atoms with van der Waals surface area (Å²) in [6.45, 7) is 0.548. The number of nitrogens with zero attached hydrogens (tertiary/aromatic N) is 3. The van der Waals surface area contributed by atoms with Crippen LogP contribution in [-0.4, -0.2) is 53.5 Å². The second-order valence-electron chi connectivity index (χ2n) is 8.18. The van der Waals surface area contributed by atoms with Gasteiger partial charge >= 0.3 is 5.97 Å². The fraction of sp³-hybridized carbons (Fsp3) is 0.240. The number of benzene rings is 2. The molecule has 0 spiro atoms. The molecule has 0 amide bonds. The van der Waals surface area contributed by atoms with Gasteiger partial charge in [0.25, 0.3) is 0 Å². The smallest absolute Gasteiger partial charge is 0.336 e. The predicted molar refractivity (Wildman–Crippen MR) is 124 cm³/mol. The second-order valence-corrected chi connectivity index (χ2v) is 8.18. The van der Waals surface area contributed by atoms with Crippen LogP contribution in [0.4, 0.5) is 14.6 Å². The van der Waals surface area contributed by atoms with Gasteiger partial charge in [-0.3, -0.25) is 0 Å². The molecule has 0 bridgehead atoms. The van der Waals surface area contributed by atoms with E-state index in [4.69, 9.17) is 15.7 Å². The molecule has 2 atom stereocenters. The molecule has 2 aromatic carbocycles. The molecule has 1 aliphatic heterocycles. The number of carboxylic acids is 1. The van der Waals surface area contributed by atoms with Crippen LogP contribution in [0, 0.1) is 23.0 Å². The zero-order valence-corrected chi connectivity index (χ0v) is 18.7. The summed E-state index contributed by atoms with van der Waals surface area (Å²) in [5, 5.41) is 29.4. The number of aromatic nitrogens is 1. The van der Waals surface area contributed by atoms with E-state index in [1.807, 2.05) is 0 Å². The maximum Gasteiger partial charge on any atom is 0.336 e. The summed E-state index contributed by atoms with van der Waals surface area (Å²) in [5.41, 5.74) is 6.06. The van der Waals surface area contributed by atoms with Crippen LogP contribution in [0.2, 0.25) is 0 Å². The Labute approximate surface area is 199 Å². The molecule has 1 aliphatic rings. The summed E-state index contributed by atoms with van der Waals surface area (Å²) in [6.07, 6.45) is -0.387. The highest BCUT2D eigenvalue weighted by molar-refractivity contribution is 6.01. The Hall–Kier alpha value is -4.07. The summed E-state index contributed by atoms with van der Waals surface area (Å²) in [5.74, 6) is -2.61. The number of halogens is 2. The Morgan fingerprint density at radius 3 is 2.51 bits per heavy atom. The Kier molecular flexibility index (Phi) is 6.64. The number of methoxy groups -OCH3 is 1. The molecule has 2 unspecified atom stereocenters. The zero-order chi connectivity index (χ0) is 25.3. The van der Waals surface area contributed by atoms with E-state index < -0.39 is 29.7 Å². The van der Waals surface area contributed by atoms with Crippen molar-refractivity contribution in [2.75, 3.05) is 25.1 Å². The van der Waals surface area contributed by atoms with Gasteiger partial charge < -0.3 is 25.6 Å². The summed E-state index contributed by atoms with van der Waals surface area (Å²) >= 11 is 0. The van der Waals surface area contributed by atoms with E-state index in [2.05, 4.69) is 4.98 Å². The maximum atomic E-state index is 14.6. The Balaban J connectivity index is 1.98. The second kappa shape index (κ2) is 9.66. The van der Waals surface area contributed by atoms with Crippen molar-refractivity contribution in [1.29, 1.82) is 5.26 Å². The van der Waals surface area contributed by atoms with Gasteiger partial charge in [0.1, 0.15) is 17.7 Å². The molecule has 1 aromatic heterocycles. The minimum Gasteiger partial charge on any atom is -0.494 e. The van der Waals surface area contributed by atoms with Gasteiger partial charge in [-0.15, -0.1) is 0 Å². The molecule has 0 aliphatic carbocycles. The van der Waals surface area contributed by atoms with Gasteiger partial charge in [0, 0.05) is 30.3 Å². The van der Waals surface area contributed by atoms with E-state index in [0.717, 1.165) is 12.1 Å². The molecule has 1 fully saturated rings. The number of piperidine rings is 1. The standard InChI is InChI=1S/C25H22F2N4O4/c1-35-21-5-4-13(8-18(21)27)23-16(25(33)34)10-22(31-7-6-19(29)20(32)12-31)30-24(23)14-2-3-15(11-28)17(26)9-14/h2-5,8-10,19-20,32H,6-7,12,29H2,1H3,(H,33,34). The number of hydrogen-bond donors (Lipinski definition) is 3. The molecule has 8 nitrogen and oxygen atoms in total. The SMILES string of the molecule is COc1ccc(-c2c(C(=O)O)cc(N3CCC(N)C(O)C3)nc2-c2ccc(C#N)c(F)c2)cc1F. The molecule has 0 radical (unpaired) electrons. The van der Waals surface area contributed by atoms with Gasteiger partial charge in [-0.25, -0.2) is 18.6 Å². The van der Waals surface area contributed by atoms with Crippen molar-refractivity contribution >= 4 is 11.8 Å². The van der Waals surface area contributed by atoms with Crippen LogP contribution >= 0.6 is 0 Å². The topological polar surface area (TPSA) is 133 Å². The van der Waals surface area contributed by atoms with Crippen LogP contribution in [0.5, 0.6) is 5.75 Å². The third-order valence-corrected chi connectivity index (χ3v) is 6.00. The molecule has 1 saturated heterocycles. The van der Waals surface area contributed by atoms with Crippen molar-refractivity contribution in [2.24, 2.45) is 5.73 Å². The third-order valence-electron chi connectivity index (χ3n) is 6.00. The number of hydrogen-bond acceptors (Lipinski definition) is 7. The average molecular weight is 480 g/mol. The molecular formula is C25H22F2N4O4. The van der Waals surface area contributed by atoms with E-state index in [1.54, 1.807) is 11.0 Å². The number of nitrogens with two attached hydrogens (primary N) is 1. The number of ether oxygens (including phenoxy) is 1. The first-order chi connectivity index (χ1) is 16.7. The monoisotopic (exact) mass is 480 g/mol. The number of carboxylic acid groups (broad SMARTS) is 1. The summed E-state index contributed by atoms with van der Waals surface area (Å²) in [4.78, 5) is 18.7. The lowest BCUT2D eigenvalue weighted by Crippen LogP contribution is -2.50. The first-order valence-corrected chi connectivity index (χ1v) is 10.7. The normalized spacial score (nSPS) is 17.7. The van der Waals surface area contributed by atoms with Gasteiger partial charge in [0.15, 0.2) is 11.6 Å². The lowest BCUT2D eigenvalue weighted by molar-refractivity contribution is 0.0697. The highest BCUT2D eigenvalue weighted by Crippen LogP contribution is 2.38. The van der Waals surface area contributed by atoms with Gasteiger partial charge in [-0.05, 0) is 42.3 Å². The van der Waals surface area contributed by atoms with E-state index in [9.17, 15) is 23.8 Å². The lowest BCUT2D eigenvalue weighted by atomic mass is 9.93. The fourth-order valence-electron chi connectivity index (χ4n) is 4.10. The first-order valence-electron chi connectivity index (χ1n) is 10.7. The van der Waals surface area contributed by atoms with Crippen molar-refractivity contribution in [1.82, 2.24) is 4.98 Å². The Morgan fingerprint density at radius 2 is 1.91 bits per heavy atom. The molecule has 0 saturated carbocycles. The number of rotatable bonds is 5. The van der Waals surface area contributed by atoms with Crippen LogP contribution < -0.4 is 15.4 Å². The predicted octanol–water partition coefficient (Wildman–Crippen LogP) is 3.17. The molecule has 4 N–H and O–H groups in total. The fourth-order valence-corrected chi connectivity index (χ4v) is 4.10. The number of carbonyl (C=O) groups is 1. The number of aromatic carboxylic acids is 1. The van der Waals surface area contributed by atoms with Crippen molar-refractivity contribution in [3.63, 3.8) is 0 Å². The van der Waals surface area contributed by atoms with Crippen LogP contribution in [-0.2, 0) is 0 Å². The number of β-amino-alcohol motifs (C(OH)–C–C–N with tert-alkyl or cyclic N) is 1. The number of aliphatic hydroxyl groups is 1. The van der Waals surface area contributed by atoms with E-state index in [1.165, 1.54) is 37.4 Å². The van der Waals surface area contributed by atoms with Crippen LogP contribution in [0.25, 0.3) is 22.4 Å². The first kappa shape index (κ1) is 24.1. The Bertz CT molecular complexity index is 1340. The van der Waals surface area contributed by atoms with Gasteiger partial charge in [-0.1, -0.05) is 12.1 Å². The molecule has 4 rings (SSSR count). The highest BCUT2D eigenvalue weighted by Gasteiger charge is 2.29. The van der Waals surface area contributed by atoms with Crippen molar-refractivity contribution in [2.45, 2.75) is 18.6 Å². The summed E-state index contributed by atoms with van der Waals surface area (Å²) in [6, 6.07) is 10.4.